The van der Waals surface area contributed by atoms with E-state index in [2.05, 4.69) is 5.32 Å². The highest BCUT2D eigenvalue weighted by molar-refractivity contribution is 5.96. The maximum atomic E-state index is 12.1. The second kappa shape index (κ2) is 9.12. The standard InChI is InChI=1S/C19H17NO6/c21-11-1-2-15(12-22)20-18(24)13-5-9-17(10-6-13)26-19(25)14-3-7-16(23)8-4-14/h3-12,15,23H,1-2H2,(H,20,24)/t15-/m0/s1. The molecule has 2 N–H and O–H groups in total. The molecule has 26 heavy (non-hydrogen) atoms. The van der Waals surface area contributed by atoms with Crippen molar-refractivity contribution in [1.82, 2.24) is 5.32 Å². The Morgan fingerprint density at radius 2 is 1.62 bits per heavy atom. The topological polar surface area (TPSA) is 110 Å². The van der Waals surface area contributed by atoms with Crippen molar-refractivity contribution in [1.29, 1.82) is 0 Å². The fourth-order valence-electron chi connectivity index (χ4n) is 2.11. The smallest absolute Gasteiger partial charge is 0.343 e. The number of carbonyl (C=O) groups is 4. The van der Waals surface area contributed by atoms with E-state index in [1.807, 2.05) is 0 Å². The summed E-state index contributed by atoms with van der Waals surface area (Å²) in [7, 11) is 0. The minimum atomic E-state index is -0.736. The van der Waals surface area contributed by atoms with Gasteiger partial charge in [0.15, 0.2) is 0 Å². The number of esters is 1. The molecule has 7 heteroatoms. The van der Waals surface area contributed by atoms with Crippen molar-refractivity contribution in [3.05, 3.63) is 59.7 Å². The fourth-order valence-corrected chi connectivity index (χ4v) is 2.11. The Morgan fingerprint density at radius 3 is 2.19 bits per heavy atom. The van der Waals surface area contributed by atoms with Crippen molar-refractivity contribution in [2.75, 3.05) is 0 Å². The van der Waals surface area contributed by atoms with Crippen LogP contribution in [0, 0.1) is 0 Å². The highest BCUT2D eigenvalue weighted by Crippen LogP contribution is 2.16. The second-order valence-corrected chi connectivity index (χ2v) is 5.42. The number of ether oxygens (including phenoxy) is 1. The first-order valence-corrected chi connectivity index (χ1v) is 7.84. The molecule has 2 aromatic carbocycles. The molecule has 0 aromatic heterocycles. The van der Waals surface area contributed by atoms with E-state index in [0.29, 0.717) is 12.6 Å². The molecule has 2 rings (SSSR count). The average molecular weight is 355 g/mol. The molecule has 7 nitrogen and oxygen atoms in total. The van der Waals surface area contributed by atoms with Crippen LogP contribution in [0.3, 0.4) is 0 Å². The predicted octanol–water partition coefficient (Wildman–Crippen LogP) is 1.89. The monoisotopic (exact) mass is 355 g/mol. The average Bonchev–Trinajstić information content (AvgIpc) is 2.66. The van der Waals surface area contributed by atoms with E-state index in [1.54, 1.807) is 0 Å². The molecule has 0 bridgehead atoms. The second-order valence-electron chi connectivity index (χ2n) is 5.42. The van der Waals surface area contributed by atoms with Crippen molar-refractivity contribution in [2.45, 2.75) is 18.9 Å². The zero-order valence-corrected chi connectivity index (χ0v) is 13.8. The quantitative estimate of drug-likeness (QED) is 0.425. The van der Waals surface area contributed by atoms with Gasteiger partial charge in [-0.25, -0.2) is 4.79 Å². The first kappa shape index (κ1) is 18.9. The number of hydrogen-bond donors (Lipinski definition) is 2. The number of aldehydes is 2. The van der Waals surface area contributed by atoms with Crippen molar-refractivity contribution in [3.8, 4) is 11.5 Å². The molecule has 1 amide bonds. The molecule has 2 aromatic rings. The number of aromatic hydroxyl groups is 1. The molecule has 0 aliphatic rings. The summed E-state index contributed by atoms with van der Waals surface area (Å²) in [5.74, 6) is -0.785. The Morgan fingerprint density at radius 1 is 1.00 bits per heavy atom. The molecule has 1 atom stereocenters. The maximum absolute atomic E-state index is 12.1. The van der Waals surface area contributed by atoms with Crippen molar-refractivity contribution >= 4 is 24.4 Å². The number of rotatable bonds is 8. The van der Waals surface area contributed by atoms with Crippen LogP contribution >= 0.6 is 0 Å². The lowest BCUT2D eigenvalue weighted by molar-refractivity contribution is -0.110. The van der Waals surface area contributed by atoms with Gasteiger partial charge in [0.05, 0.1) is 11.6 Å². The highest BCUT2D eigenvalue weighted by atomic mass is 16.5. The Balaban J connectivity index is 1.97. The molecular formula is C19H17NO6. The van der Waals surface area contributed by atoms with Gasteiger partial charge in [-0.05, 0) is 55.0 Å². The zero-order chi connectivity index (χ0) is 18.9. The van der Waals surface area contributed by atoms with Gasteiger partial charge >= 0.3 is 5.97 Å². The van der Waals surface area contributed by atoms with Crippen LogP contribution < -0.4 is 10.1 Å². The lowest BCUT2D eigenvalue weighted by atomic mass is 10.1. The fraction of sp³-hybridized carbons (Fsp3) is 0.158. The Bertz CT molecular complexity index is 783. The van der Waals surface area contributed by atoms with Gasteiger partial charge in [-0.3, -0.25) is 4.79 Å². The van der Waals surface area contributed by atoms with Gasteiger partial charge in [-0.15, -0.1) is 0 Å². The lowest BCUT2D eigenvalue weighted by Crippen LogP contribution is -2.36. The Labute approximate surface area is 149 Å². The Kier molecular flexibility index (Phi) is 6.61. The van der Waals surface area contributed by atoms with E-state index in [4.69, 9.17) is 4.74 Å². The largest absolute Gasteiger partial charge is 0.508 e. The van der Waals surface area contributed by atoms with Gasteiger partial charge in [0.1, 0.15) is 24.1 Å². The molecule has 0 heterocycles. The van der Waals surface area contributed by atoms with Crippen LogP contribution in [0.15, 0.2) is 48.5 Å². The summed E-state index contributed by atoms with van der Waals surface area (Å²) >= 11 is 0. The van der Waals surface area contributed by atoms with E-state index in [-0.39, 0.29) is 35.5 Å². The van der Waals surface area contributed by atoms with Gasteiger partial charge in [0.25, 0.3) is 5.91 Å². The summed E-state index contributed by atoms with van der Waals surface area (Å²) in [5.41, 5.74) is 0.556. The first-order chi connectivity index (χ1) is 12.5. The first-order valence-electron chi connectivity index (χ1n) is 7.84. The summed E-state index contributed by atoms with van der Waals surface area (Å²) < 4.78 is 5.18. The molecule has 0 radical (unpaired) electrons. The summed E-state index contributed by atoms with van der Waals surface area (Å²) in [4.78, 5) is 45.3. The summed E-state index contributed by atoms with van der Waals surface area (Å²) in [5, 5.41) is 11.7. The van der Waals surface area contributed by atoms with Gasteiger partial charge in [-0.2, -0.15) is 0 Å². The third kappa shape index (κ3) is 5.27. The van der Waals surface area contributed by atoms with Gasteiger partial charge in [0, 0.05) is 12.0 Å². The SMILES string of the molecule is O=CCC[C@@H](C=O)NC(=O)c1ccc(OC(=O)c2ccc(O)cc2)cc1. The number of phenols is 1. The van der Waals surface area contributed by atoms with Crippen LogP contribution in [-0.2, 0) is 9.59 Å². The van der Waals surface area contributed by atoms with Crippen molar-refractivity contribution in [3.63, 3.8) is 0 Å². The normalized spacial score (nSPS) is 11.2. The minimum absolute atomic E-state index is 0.0404. The molecule has 0 aliphatic heterocycles. The predicted molar refractivity (Wildman–Crippen MR) is 92.1 cm³/mol. The molecular weight excluding hydrogens is 338 g/mol. The maximum Gasteiger partial charge on any atom is 0.343 e. The van der Waals surface area contributed by atoms with Crippen LogP contribution in [0.5, 0.6) is 11.5 Å². The van der Waals surface area contributed by atoms with Crippen LogP contribution in [0.1, 0.15) is 33.6 Å². The molecule has 0 unspecified atom stereocenters. The van der Waals surface area contributed by atoms with Crippen LogP contribution in [0.2, 0.25) is 0 Å². The highest BCUT2D eigenvalue weighted by Gasteiger charge is 2.14. The van der Waals surface area contributed by atoms with Gasteiger partial charge < -0.3 is 24.7 Å². The molecule has 0 saturated heterocycles. The van der Waals surface area contributed by atoms with Crippen LogP contribution in [0.4, 0.5) is 0 Å². The number of nitrogens with one attached hydrogen (secondary N) is 1. The summed E-state index contributed by atoms with van der Waals surface area (Å²) in [6, 6.07) is 10.7. The summed E-state index contributed by atoms with van der Waals surface area (Å²) in [6.45, 7) is 0. The third-order valence-electron chi connectivity index (χ3n) is 3.51. The van der Waals surface area contributed by atoms with Crippen LogP contribution in [-0.4, -0.2) is 35.6 Å². The number of carbonyl (C=O) groups excluding carboxylic acids is 4. The molecule has 0 saturated carbocycles. The molecule has 0 spiro atoms. The lowest BCUT2D eigenvalue weighted by Gasteiger charge is -2.11. The van der Waals surface area contributed by atoms with Crippen molar-refractivity contribution in [2.24, 2.45) is 0 Å². The van der Waals surface area contributed by atoms with E-state index >= 15 is 0 Å². The number of hydrogen-bond acceptors (Lipinski definition) is 6. The molecule has 134 valence electrons. The summed E-state index contributed by atoms with van der Waals surface area (Å²) in [6.07, 6.45) is 1.67. The number of amides is 1. The zero-order valence-electron chi connectivity index (χ0n) is 13.8. The minimum Gasteiger partial charge on any atom is -0.508 e. The van der Waals surface area contributed by atoms with E-state index in [0.717, 1.165) is 0 Å². The molecule has 0 aliphatic carbocycles. The van der Waals surface area contributed by atoms with Crippen molar-refractivity contribution < 1.29 is 29.0 Å². The Hall–Kier alpha value is -3.48. The van der Waals surface area contributed by atoms with Gasteiger partial charge in [0.2, 0.25) is 0 Å². The molecule has 0 fully saturated rings. The number of benzene rings is 2. The number of phenolic OH excluding ortho intramolecular Hbond substituents is 1. The third-order valence-corrected chi connectivity index (χ3v) is 3.51. The van der Waals surface area contributed by atoms with E-state index < -0.39 is 17.9 Å². The van der Waals surface area contributed by atoms with E-state index in [1.165, 1.54) is 48.5 Å². The van der Waals surface area contributed by atoms with E-state index in [9.17, 15) is 24.3 Å². The van der Waals surface area contributed by atoms with Crippen LogP contribution in [0.25, 0.3) is 0 Å². The van der Waals surface area contributed by atoms with Gasteiger partial charge in [-0.1, -0.05) is 0 Å².